The van der Waals surface area contributed by atoms with Crippen molar-refractivity contribution in [2.75, 3.05) is 39.7 Å². The standard InChI is InChI=1S/C22H30N2O6S/c1-6-12-24(13-7-2)31(26,27)18-10-8-17(9-11-18)23-22(25)16-14-19(28-3)21(30-5)20(15-16)29-4/h8-11,14-15H,6-7,12-13H2,1-5H3,(H,23,25). The number of amides is 1. The number of hydrogen-bond acceptors (Lipinski definition) is 6. The summed E-state index contributed by atoms with van der Waals surface area (Å²) in [6.45, 7) is 4.82. The molecule has 0 atom stereocenters. The third-order valence-corrected chi connectivity index (χ3v) is 6.54. The molecule has 0 aliphatic heterocycles. The van der Waals surface area contributed by atoms with Crippen molar-refractivity contribution in [3.63, 3.8) is 0 Å². The highest BCUT2D eigenvalue weighted by molar-refractivity contribution is 7.89. The lowest BCUT2D eigenvalue weighted by molar-refractivity contribution is 0.102. The second-order valence-corrected chi connectivity index (χ2v) is 8.73. The van der Waals surface area contributed by atoms with Crippen LogP contribution < -0.4 is 19.5 Å². The zero-order valence-electron chi connectivity index (χ0n) is 18.6. The van der Waals surface area contributed by atoms with Crippen LogP contribution in [-0.2, 0) is 10.0 Å². The maximum Gasteiger partial charge on any atom is 0.255 e. The molecule has 0 fully saturated rings. The van der Waals surface area contributed by atoms with Crippen LogP contribution in [-0.4, -0.2) is 53.0 Å². The van der Waals surface area contributed by atoms with Gasteiger partial charge in [-0.2, -0.15) is 4.31 Å². The zero-order chi connectivity index (χ0) is 23.0. The summed E-state index contributed by atoms with van der Waals surface area (Å²) in [7, 11) is 0.851. The van der Waals surface area contributed by atoms with Gasteiger partial charge in [0.05, 0.1) is 26.2 Å². The zero-order valence-corrected chi connectivity index (χ0v) is 19.4. The normalized spacial score (nSPS) is 11.3. The molecule has 0 aliphatic rings. The first-order valence-corrected chi connectivity index (χ1v) is 11.5. The van der Waals surface area contributed by atoms with Crippen molar-refractivity contribution in [3.05, 3.63) is 42.0 Å². The van der Waals surface area contributed by atoms with Crippen molar-refractivity contribution in [2.45, 2.75) is 31.6 Å². The molecule has 170 valence electrons. The van der Waals surface area contributed by atoms with Crippen molar-refractivity contribution < 1.29 is 27.4 Å². The summed E-state index contributed by atoms with van der Waals surface area (Å²) < 4.78 is 43.0. The molecule has 0 unspecified atom stereocenters. The summed E-state index contributed by atoms with van der Waals surface area (Å²) in [6.07, 6.45) is 1.48. The van der Waals surface area contributed by atoms with Gasteiger partial charge < -0.3 is 19.5 Å². The second-order valence-electron chi connectivity index (χ2n) is 6.80. The molecular weight excluding hydrogens is 420 g/mol. The van der Waals surface area contributed by atoms with E-state index in [0.717, 1.165) is 12.8 Å². The minimum atomic E-state index is -3.57. The SMILES string of the molecule is CCCN(CCC)S(=O)(=O)c1ccc(NC(=O)c2cc(OC)c(OC)c(OC)c2)cc1. The molecule has 0 radical (unpaired) electrons. The number of carbonyl (C=O) groups is 1. The van der Waals surface area contributed by atoms with Gasteiger partial charge in [-0.15, -0.1) is 0 Å². The van der Waals surface area contributed by atoms with Crippen LogP contribution in [0.15, 0.2) is 41.3 Å². The summed E-state index contributed by atoms with van der Waals surface area (Å²) in [6, 6.07) is 9.22. The van der Waals surface area contributed by atoms with Crippen molar-refractivity contribution >= 4 is 21.6 Å². The van der Waals surface area contributed by atoms with Gasteiger partial charge in [0, 0.05) is 24.3 Å². The van der Waals surface area contributed by atoms with E-state index < -0.39 is 15.9 Å². The van der Waals surface area contributed by atoms with Crippen LogP contribution in [0.4, 0.5) is 5.69 Å². The molecule has 8 nitrogen and oxygen atoms in total. The van der Waals surface area contributed by atoms with E-state index in [0.29, 0.717) is 41.6 Å². The molecule has 0 aromatic heterocycles. The predicted octanol–water partition coefficient (Wildman–Crippen LogP) is 3.78. The lowest BCUT2D eigenvalue weighted by Gasteiger charge is -2.21. The van der Waals surface area contributed by atoms with E-state index in [1.165, 1.54) is 37.8 Å². The summed E-state index contributed by atoms with van der Waals surface area (Å²) in [5.41, 5.74) is 0.776. The highest BCUT2D eigenvalue weighted by atomic mass is 32.2. The average Bonchev–Trinajstić information content (AvgIpc) is 2.78. The molecule has 9 heteroatoms. The number of benzene rings is 2. The first kappa shape index (κ1) is 24.5. The van der Waals surface area contributed by atoms with Crippen LogP contribution in [0.3, 0.4) is 0 Å². The molecule has 0 saturated carbocycles. The Labute approximate surface area is 184 Å². The topological polar surface area (TPSA) is 94.2 Å². The van der Waals surface area contributed by atoms with Crippen LogP contribution in [0, 0.1) is 0 Å². The number of carbonyl (C=O) groups excluding carboxylic acids is 1. The number of hydrogen-bond donors (Lipinski definition) is 1. The van der Waals surface area contributed by atoms with Crippen LogP contribution >= 0.6 is 0 Å². The number of nitrogens with one attached hydrogen (secondary N) is 1. The molecule has 2 rings (SSSR count). The minimum Gasteiger partial charge on any atom is -0.493 e. The van der Waals surface area contributed by atoms with Crippen LogP contribution in [0.1, 0.15) is 37.0 Å². The predicted molar refractivity (Wildman–Crippen MR) is 120 cm³/mol. The minimum absolute atomic E-state index is 0.195. The van der Waals surface area contributed by atoms with Gasteiger partial charge >= 0.3 is 0 Å². The van der Waals surface area contributed by atoms with E-state index in [1.807, 2.05) is 13.8 Å². The number of nitrogens with zero attached hydrogens (tertiary/aromatic N) is 1. The molecule has 0 aliphatic carbocycles. The molecule has 0 saturated heterocycles. The van der Waals surface area contributed by atoms with E-state index >= 15 is 0 Å². The van der Waals surface area contributed by atoms with Gasteiger partial charge in [0.2, 0.25) is 15.8 Å². The molecular formula is C22H30N2O6S. The lowest BCUT2D eigenvalue weighted by atomic mass is 10.1. The van der Waals surface area contributed by atoms with Gasteiger partial charge in [-0.1, -0.05) is 13.8 Å². The first-order valence-electron chi connectivity index (χ1n) is 10.0. The fourth-order valence-electron chi connectivity index (χ4n) is 3.13. The largest absolute Gasteiger partial charge is 0.493 e. The maximum absolute atomic E-state index is 12.9. The van der Waals surface area contributed by atoms with E-state index in [1.54, 1.807) is 24.3 Å². The Balaban J connectivity index is 2.24. The Morgan fingerprint density at radius 1 is 0.903 bits per heavy atom. The third-order valence-electron chi connectivity index (χ3n) is 4.62. The van der Waals surface area contributed by atoms with Gasteiger partial charge in [-0.3, -0.25) is 4.79 Å². The molecule has 0 heterocycles. The van der Waals surface area contributed by atoms with Gasteiger partial charge in [0.25, 0.3) is 5.91 Å². The number of rotatable bonds is 11. The van der Waals surface area contributed by atoms with Crippen LogP contribution in [0.5, 0.6) is 17.2 Å². The molecule has 31 heavy (non-hydrogen) atoms. The van der Waals surface area contributed by atoms with Crippen molar-refractivity contribution in [1.82, 2.24) is 4.31 Å². The van der Waals surface area contributed by atoms with Gasteiger partial charge in [0.1, 0.15) is 0 Å². The second kappa shape index (κ2) is 11.0. The molecule has 0 bridgehead atoms. The Morgan fingerprint density at radius 2 is 1.42 bits per heavy atom. The molecule has 2 aromatic rings. The van der Waals surface area contributed by atoms with Crippen LogP contribution in [0.25, 0.3) is 0 Å². The van der Waals surface area contributed by atoms with E-state index in [9.17, 15) is 13.2 Å². The van der Waals surface area contributed by atoms with Crippen molar-refractivity contribution in [1.29, 1.82) is 0 Å². The number of anilines is 1. The number of methoxy groups -OCH3 is 3. The van der Waals surface area contributed by atoms with Gasteiger partial charge in [0.15, 0.2) is 11.5 Å². The lowest BCUT2D eigenvalue weighted by Crippen LogP contribution is -2.32. The molecule has 1 N–H and O–H groups in total. The van der Waals surface area contributed by atoms with Gasteiger partial charge in [-0.05, 0) is 49.2 Å². The third kappa shape index (κ3) is 5.68. The Hall–Kier alpha value is -2.78. The highest BCUT2D eigenvalue weighted by Crippen LogP contribution is 2.38. The summed E-state index contributed by atoms with van der Waals surface area (Å²) in [5.74, 6) is 0.717. The first-order chi connectivity index (χ1) is 14.8. The summed E-state index contributed by atoms with van der Waals surface area (Å²) >= 11 is 0. The summed E-state index contributed by atoms with van der Waals surface area (Å²) in [5, 5.41) is 2.76. The van der Waals surface area contributed by atoms with Gasteiger partial charge in [-0.25, -0.2) is 8.42 Å². The average molecular weight is 451 g/mol. The molecule has 0 spiro atoms. The number of sulfonamides is 1. The monoisotopic (exact) mass is 450 g/mol. The quantitative estimate of drug-likeness (QED) is 0.560. The van der Waals surface area contributed by atoms with E-state index in [4.69, 9.17) is 14.2 Å². The smallest absolute Gasteiger partial charge is 0.255 e. The Morgan fingerprint density at radius 3 is 1.84 bits per heavy atom. The van der Waals surface area contributed by atoms with E-state index in [-0.39, 0.29) is 4.90 Å². The highest BCUT2D eigenvalue weighted by Gasteiger charge is 2.23. The van der Waals surface area contributed by atoms with Crippen LogP contribution in [0.2, 0.25) is 0 Å². The molecule has 2 aromatic carbocycles. The summed E-state index contributed by atoms with van der Waals surface area (Å²) in [4.78, 5) is 12.9. The number of ether oxygens (including phenoxy) is 3. The fourth-order valence-corrected chi connectivity index (χ4v) is 4.75. The fraction of sp³-hybridized carbons (Fsp3) is 0.409. The van der Waals surface area contributed by atoms with E-state index in [2.05, 4.69) is 5.32 Å². The molecule has 1 amide bonds. The Bertz CT molecular complexity index is 959. The Kier molecular flexibility index (Phi) is 8.70. The van der Waals surface area contributed by atoms with Crippen molar-refractivity contribution in [2.24, 2.45) is 0 Å². The maximum atomic E-state index is 12.9. The van der Waals surface area contributed by atoms with Crippen molar-refractivity contribution in [3.8, 4) is 17.2 Å².